The highest BCUT2D eigenvalue weighted by Crippen LogP contribution is 2.24. The first-order valence-electron chi connectivity index (χ1n) is 9.50. The summed E-state index contributed by atoms with van der Waals surface area (Å²) in [6.07, 6.45) is 3.82. The Kier molecular flexibility index (Phi) is 10.3. The molecule has 3 unspecified atom stereocenters. The Morgan fingerprint density at radius 1 is 1.07 bits per heavy atom. The van der Waals surface area contributed by atoms with Gasteiger partial charge in [-0.2, -0.15) is 11.8 Å². The quantitative estimate of drug-likeness (QED) is 0.552. The van der Waals surface area contributed by atoms with Crippen LogP contribution in [0.2, 0.25) is 0 Å². The van der Waals surface area contributed by atoms with Gasteiger partial charge in [-0.25, -0.2) is 0 Å². The van der Waals surface area contributed by atoms with Crippen molar-refractivity contribution in [1.29, 1.82) is 0 Å². The Bertz CT molecular complexity index is 725. The lowest BCUT2D eigenvalue weighted by molar-refractivity contribution is -0.121. The van der Waals surface area contributed by atoms with Crippen LogP contribution < -0.4 is 5.32 Å². The zero-order valence-corrected chi connectivity index (χ0v) is 17.9. The fourth-order valence-electron chi connectivity index (χ4n) is 2.90. The molecule has 0 radical (unpaired) electrons. The summed E-state index contributed by atoms with van der Waals surface area (Å²) >= 11 is 1.77. The number of amides is 1. The van der Waals surface area contributed by atoms with Gasteiger partial charge >= 0.3 is 0 Å². The minimum atomic E-state index is -1.16. The number of hydrogen-bond acceptors (Lipinski definition) is 4. The van der Waals surface area contributed by atoms with Crippen LogP contribution in [0.4, 0.5) is 0 Å². The van der Waals surface area contributed by atoms with Gasteiger partial charge in [-0.3, -0.25) is 9.00 Å². The van der Waals surface area contributed by atoms with Crippen LogP contribution in [0.15, 0.2) is 60.7 Å². The molecule has 0 fully saturated rings. The summed E-state index contributed by atoms with van der Waals surface area (Å²) < 4.78 is 11.9. The van der Waals surface area contributed by atoms with E-state index in [-0.39, 0.29) is 17.8 Å². The third kappa shape index (κ3) is 8.59. The second-order valence-electron chi connectivity index (χ2n) is 6.73. The Morgan fingerprint density at radius 3 is 2.25 bits per heavy atom. The SMILES string of the molecule is CS(=O)C(CCCO)NC(=O)CC(Cc1ccccc1)SCc1ccccc1. The number of thioether (sulfide) groups is 1. The van der Waals surface area contributed by atoms with E-state index >= 15 is 0 Å². The zero-order chi connectivity index (χ0) is 20.2. The van der Waals surface area contributed by atoms with Crippen molar-refractivity contribution in [2.45, 2.75) is 42.1 Å². The van der Waals surface area contributed by atoms with Crippen LogP contribution in [0.1, 0.15) is 30.4 Å². The van der Waals surface area contributed by atoms with Crippen LogP contribution in [0, 0.1) is 0 Å². The molecule has 6 heteroatoms. The van der Waals surface area contributed by atoms with Gasteiger partial charge in [-0.05, 0) is 30.4 Å². The number of rotatable bonds is 12. The second kappa shape index (κ2) is 12.8. The number of hydrogen-bond donors (Lipinski definition) is 2. The van der Waals surface area contributed by atoms with Crippen molar-refractivity contribution >= 4 is 28.5 Å². The van der Waals surface area contributed by atoms with Gasteiger partial charge in [0.15, 0.2) is 0 Å². The smallest absolute Gasteiger partial charge is 0.222 e. The number of aliphatic hydroxyl groups is 1. The third-order valence-electron chi connectivity index (χ3n) is 4.39. The van der Waals surface area contributed by atoms with Crippen LogP contribution in [0.5, 0.6) is 0 Å². The molecule has 0 saturated heterocycles. The lowest BCUT2D eigenvalue weighted by atomic mass is 10.1. The fourth-order valence-corrected chi connectivity index (χ4v) is 4.89. The average Bonchev–Trinajstić information content (AvgIpc) is 2.70. The first-order valence-corrected chi connectivity index (χ1v) is 12.2. The maximum atomic E-state index is 12.6. The minimum absolute atomic E-state index is 0.0349. The highest BCUT2D eigenvalue weighted by atomic mass is 32.2. The zero-order valence-electron chi connectivity index (χ0n) is 16.3. The molecular weight excluding hydrogens is 390 g/mol. The number of aliphatic hydroxyl groups excluding tert-OH is 1. The van der Waals surface area contributed by atoms with E-state index in [1.165, 1.54) is 11.1 Å². The summed E-state index contributed by atoms with van der Waals surface area (Å²) in [6, 6.07) is 20.4. The molecule has 0 aromatic heterocycles. The predicted molar refractivity (Wildman–Crippen MR) is 119 cm³/mol. The molecule has 0 bridgehead atoms. The lowest BCUT2D eigenvalue weighted by Gasteiger charge is -2.20. The molecule has 2 aromatic carbocycles. The number of carbonyl (C=O) groups is 1. The first kappa shape index (κ1) is 22.7. The molecule has 3 atom stereocenters. The van der Waals surface area contributed by atoms with Gasteiger partial charge in [0.05, 0.1) is 0 Å². The second-order valence-corrected chi connectivity index (χ2v) is 9.59. The van der Waals surface area contributed by atoms with E-state index in [0.29, 0.717) is 19.3 Å². The summed E-state index contributed by atoms with van der Waals surface area (Å²) in [5, 5.41) is 11.6. The summed E-state index contributed by atoms with van der Waals surface area (Å²) in [6.45, 7) is 0.0349. The van der Waals surface area contributed by atoms with Crippen molar-refractivity contribution in [2.75, 3.05) is 12.9 Å². The summed E-state index contributed by atoms with van der Waals surface area (Å²) in [5.41, 5.74) is 2.44. The van der Waals surface area contributed by atoms with Crippen molar-refractivity contribution in [2.24, 2.45) is 0 Å². The van der Waals surface area contributed by atoms with Crippen LogP contribution >= 0.6 is 11.8 Å². The summed E-state index contributed by atoms with van der Waals surface area (Å²) in [4.78, 5) is 12.6. The Labute approximate surface area is 174 Å². The van der Waals surface area contributed by atoms with Gasteiger partial charge in [-0.1, -0.05) is 60.7 Å². The molecule has 2 N–H and O–H groups in total. The molecule has 28 heavy (non-hydrogen) atoms. The van der Waals surface area contributed by atoms with E-state index in [1.807, 2.05) is 36.4 Å². The standard InChI is InChI=1S/C22H29NO3S2/c1-28(26)22(13-8-14-24)23-21(25)16-20(15-18-9-4-2-5-10-18)27-17-19-11-6-3-7-12-19/h2-7,9-12,20,22,24H,8,13-17H2,1H3,(H,23,25). The van der Waals surface area contributed by atoms with Gasteiger partial charge in [0.2, 0.25) is 5.91 Å². The largest absolute Gasteiger partial charge is 0.396 e. The molecule has 4 nitrogen and oxygen atoms in total. The van der Waals surface area contributed by atoms with Gasteiger partial charge < -0.3 is 10.4 Å². The molecule has 2 rings (SSSR count). The highest BCUT2D eigenvalue weighted by Gasteiger charge is 2.20. The number of benzene rings is 2. The monoisotopic (exact) mass is 419 g/mol. The molecule has 0 saturated carbocycles. The predicted octanol–water partition coefficient (Wildman–Crippen LogP) is 3.51. The maximum Gasteiger partial charge on any atom is 0.222 e. The van der Waals surface area contributed by atoms with E-state index in [1.54, 1.807) is 18.0 Å². The Balaban J connectivity index is 1.98. The van der Waals surface area contributed by atoms with E-state index in [2.05, 4.69) is 29.6 Å². The van der Waals surface area contributed by atoms with Gasteiger partial charge in [0, 0.05) is 41.1 Å². The van der Waals surface area contributed by atoms with Gasteiger partial charge in [-0.15, -0.1) is 0 Å². The molecule has 0 aliphatic rings. The molecule has 152 valence electrons. The normalized spacial score (nSPS) is 14.2. The number of carbonyl (C=O) groups excluding carboxylic acids is 1. The van der Waals surface area contributed by atoms with Crippen molar-refractivity contribution in [3.05, 3.63) is 71.8 Å². The summed E-state index contributed by atoms with van der Waals surface area (Å²) in [5.74, 6) is 0.763. The molecule has 0 aliphatic heterocycles. The maximum absolute atomic E-state index is 12.6. The average molecular weight is 420 g/mol. The molecule has 0 heterocycles. The first-order chi connectivity index (χ1) is 13.6. The van der Waals surface area contributed by atoms with Crippen LogP contribution in [-0.4, -0.2) is 38.7 Å². The fraction of sp³-hybridized carbons (Fsp3) is 0.409. The summed E-state index contributed by atoms with van der Waals surface area (Å²) in [7, 11) is -1.16. The van der Waals surface area contributed by atoms with Crippen LogP contribution in [-0.2, 0) is 27.8 Å². The molecular formula is C22H29NO3S2. The van der Waals surface area contributed by atoms with Crippen molar-refractivity contribution in [1.82, 2.24) is 5.32 Å². The highest BCUT2D eigenvalue weighted by molar-refractivity contribution is 7.99. The topological polar surface area (TPSA) is 66.4 Å². The molecule has 0 aliphatic carbocycles. The van der Waals surface area contributed by atoms with E-state index in [4.69, 9.17) is 5.11 Å². The van der Waals surface area contributed by atoms with E-state index in [9.17, 15) is 9.00 Å². The molecule has 2 aromatic rings. The van der Waals surface area contributed by atoms with Gasteiger partial charge in [0.25, 0.3) is 0 Å². The lowest BCUT2D eigenvalue weighted by Crippen LogP contribution is -2.39. The van der Waals surface area contributed by atoms with E-state index < -0.39 is 16.2 Å². The van der Waals surface area contributed by atoms with Crippen molar-refractivity contribution in [3.63, 3.8) is 0 Å². The van der Waals surface area contributed by atoms with E-state index in [0.717, 1.165) is 12.2 Å². The molecule has 1 amide bonds. The van der Waals surface area contributed by atoms with Gasteiger partial charge in [0.1, 0.15) is 5.37 Å². The third-order valence-corrected chi connectivity index (χ3v) is 6.85. The minimum Gasteiger partial charge on any atom is -0.396 e. The van der Waals surface area contributed by atoms with Crippen LogP contribution in [0.3, 0.4) is 0 Å². The Morgan fingerprint density at radius 2 is 1.68 bits per heavy atom. The van der Waals surface area contributed by atoms with Crippen molar-refractivity contribution in [3.8, 4) is 0 Å². The molecule has 0 spiro atoms. The van der Waals surface area contributed by atoms with Crippen molar-refractivity contribution < 1.29 is 14.1 Å². The van der Waals surface area contributed by atoms with Crippen LogP contribution in [0.25, 0.3) is 0 Å². The number of nitrogens with one attached hydrogen (secondary N) is 1. The Hall–Kier alpha value is -1.63.